The molecule has 0 aliphatic carbocycles. The molecule has 0 aliphatic heterocycles. The summed E-state index contributed by atoms with van der Waals surface area (Å²) in [6.07, 6.45) is 0. The Morgan fingerprint density at radius 1 is 1.14 bits per heavy atom. The number of rotatable bonds is 7. The smallest absolute Gasteiger partial charge is 0.253 e. The number of hydrogen-bond donors (Lipinski definition) is 2. The number of hydrogen-bond acceptors (Lipinski definition) is 4. The number of carbonyl (C=O) groups excluding carboxylic acids is 2. The van der Waals surface area contributed by atoms with Crippen molar-refractivity contribution in [3.8, 4) is 0 Å². The SMILES string of the molecule is CC(C)NC(=O)c1ccc(Cl)cc1NC(=O)CS(=O)(=O)Cc1cccc(Br)c1. The summed E-state index contributed by atoms with van der Waals surface area (Å²) < 4.78 is 25.5. The summed E-state index contributed by atoms with van der Waals surface area (Å²) in [6.45, 7) is 3.61. The maximum absolute atomic E-state index is 12.4. The molecule has 0 atom stereocenters. The summed E-state index contributed by atoms with van der Waals surface area (Å²) in [6, 6.07) is 11.2. The summed E-state index contributed by atoms with van der Waals surface area (Å²) in [5, 5.41) is 5.52. The average molecular weight is 488 g/mol. The highest BCUT2D eigenvalue weighted by atomic mass is 79.9. The molecule has 0 aromatic heterocycles. The highest BCUT2D eigenvalue weighted by Crippen LogP contribution is 2.22. The van der Waals surface area contributed by atoms with Crippen molar-refractivity contribution in [2.24, 2.45) is 0 Å². The first-order chi connectivity index (χ1) is 13.1. The fourth-order valence-electron chi connectivity index (χ4n) is 2.48. The molecular formula is C19H20BrClN2O4S. The van der Waals surface area contributed by atoms with E-state index in [0.717, 1.165) is 4.47 Å². The second-order valence-corrected chi connectivity index (χ2v) is 9.95. The van der Waals surface area contributed by atoms with Gasteiger partial charge in [-0.25, -0.2) is 8.42 Å². The fraction of sp³-hybridized carbons (Fsp3) is 0.263. The summed E-state index contributed by atoms with van der Waals surface area (Å²) in [5.74, 6) is -2.11. The molecule has 2 N–H and O–H groups in total. The normalized spacial score (nSPS) is 11.3. The molecule has 0 bridgehead atoms. The van der Waals surface area contributed by atoms with Crippen LogP contribution in [-0.4, -0.2) is 32.0 Å². The number of sulfone groups is 1. The van der Waals surface area contributed by atoms with E-state index in [0.29, 0.717) is 10.6 Å². The minimum absolute atomic E-state index is 0.0997. The molecule has 0 aliphatic rings. The van der Waals surface area contributed by atoms with Crippen molar-refractivity contribution in [3.63, 3.8) is 0 Å². The van der Waals surface area contributed by atoms with Crippen LogP contribution in [0.1, 0.15) is 29.8 Å². The van der Waals surface area contributed by atoms with Crippen LogP contribution in [0.2, 0.25) is 5.02 Å². The zero-order valence-corrected chi connectivity index (χ0v) is 18.5. The van der Waals surface area contributed by atoms with Crippen LogP contribution in [-0.2, 0) is 20.4 Å². The van der Waals surface area contributed by atoms with Crippen molar-refractivity contribution in [3.05, 3.63) is 63.1 Å². The molecular weight excluding hydrogens is 468 g/mol. The molecule has 28 heavy (non-hydrogen) atoms. The maximum atomic E-state index is 12.4. The van der Waals surface area contributed by atoms with E-state index in [2.05, 4.69) is 26.6 Å². The van der Waals surface area contributed by atoms with Gasteiger partial charge in [-0.1, -0.05) is 39.7 Å². The van der Waals surface area contributed by atoms with E-state index in [9.17, 15) is 18.0 Å². The molecule has 2 aromatic rings. The third kappa shape index (κ3) is 6.92. The van der Waals surface area contributed by atoms with Crippen LogP contribution in [0.5, 0.6) is 0 Å². The topological polar surface area (TPSA) is 92.3 Å². The van der Waals surface area contributed by atoms with Crippen LogP contribution in [0.3, 0.4) is 0 Å². The number of amides is 2. The van der Waals surface area contributed by atoms with Gasteiger partial charge in [-0.05, 0) is 49.7 Å². The number of benzene rings is 2. The minimum atomic E-state index is -3.70. The molecule has 6 nitrogen and oxygen atoms in total. The maximum Gasteiger partial charge on any atom is 0.253 e. The van der Waals surface area contributed by atoms with Gasteiger partial charge in [-0.3, -0.25) is 9.59 Å². The van der Waals surface area contributed by atoms with Crippen molar-refractivity contribution in [1.82, 2.24) is 5.32 Å². The van der Waals surface area contributed by atoms with Gasteiger partial charge in [-0.15, -0.1) is 0 Å². The van der Waals surface area contributed by atoms with Gasteiger partial charge in [0.15, 0.2) is 9.84 Å². The van der Waals surface area contributed by atoms with Crippen LogP contribution in [0.25, 0.3) is 0 Å². The van der Waals surface area contributed by atoms with E-state index in [-0.39, 0.29) is 29.0 Å². The molecule has 2 aromatic carbocycles. The Morgan fingerprint density at radius 2 is 1.86 bits per heavy atom. The van der Waals surface area contributed by atoms with Crippen molar-refractivity contribution >= 4 is 54.9 Å². The molecule has 0 fully saturated rings. The van der Waals surface area contributed by atoms with Crippen LogP contribution in [0, 0.1) is 0 Å². The molecule has 0 unspecified atom stereocenters. The first kappa shape index (κ1) is 22.4. The van der Waals surface area contributed by atoms with E-state index in [1.165, 1.54) is 18.2 Å². The van der Waals surface area contributed by atoms with Gasteiger partial charge < -0.3 is 10.6 Å². The predicted octanol–water partition coefficient (Wildman–Crippen LogP) is 3.79. The lowest BCUT2D eigenvalue weighted by atomic mass is 10.1. The van der Waals surface area contributed by atoms with Gasteiger partial charge in [0.05, 0.1) is 17.0 Å². The molecule has 0 heterocycles. The highest BCUT2D eigenvalue weighted by molar-refractivity contribution is 9.10. The largest absolute Gasteiger partial charge is 0.350 e. The molecule has 0 spiro atoms. The van der Waals surface area contributed by atoms with Crippen LogP contribution < -0.4 is 10.6 Å². The summed E-state index contributed by atoms with van der Waals surface area (Å²) in [5.41, 5.74) is 0.936. The average Bonchev–Trinajstić information content (AvgIpc) is 2.52. The first-order valence-electron chi connectivity index (χ1n) is 8.41. The standard InChI is InChI=1S/C19H20BrClN2O4S/c1-12(2)22-19(25)16-7-6-15(21)9-17(16)23-18(24)11-28(26,27)10-13-4-3-5-14(20)8-13/h3-9,12H,10-11H2,1-2H3,(H,22,25)(H,23,24). The van der Waals surface area contributed by atoms with E-state index in [4.69, 9.17) is 11.6 Å². The van der Waals surface area contributed by atoms with Crippen molar-refractivity contribution in [2.75, 3.05) is 11.1 Å². The Morgan fingerprint density at radius 3 is 2.50 bits per heavy atom. The predicted molar refractivity (Wildman–Crippen MR) is 114 cm³/mol. The second-order valence-electron chi connectivity index (χ2n) is 6.53. The first-order valence-corrected chi connectivity index (χ1v) is 11.4. The summed E-state index contributed by atoms with van der Waals surface area (Å²) in [4.78, 5) is 24.6. The lowest BCUT2D eigenvalue weighted by molar-refractivity contribution is -0.113. The zero-order chi connectivity index (χ0) is 20.9. The Labute approximate surface area is 177 Å². The molecule has 150 valence electrons. The quantitative estimate of drug-likeness (QED) is 0.621. The van der Waals surface area contributed by atoms with Crippen LogP contribution >= 0.6 is 27.5 Å². The Kier molecular flexibility index (Phi) is 7.63. The Bertz CT molecular complexity index is 993. The monoisotopic (exact) mass is 486 g/mol. The molecule has 2 amide bonds. The summed E-state index contributed by atoms with van der Waals surface area (Å²) >= 11 is 9.25. The van der Waals surface area contributed by atoms with Gasteiger partial charge in [0.25, 0.3) is 5.91 Å². The molecule has 0 radical (unpaired) electrons. The summed E-state index contributed by atoms with van der Waals surface area (Å²) in [7, 11) is -3.70. The van der Waals surface area contributed by atoms with Gasteiger partial charge in [-0.2, -0.15) is 0 Å². The van der Waals surface area contributed by atoms with E-state index >= 15 is 0 Å². The molecule has 9 heteroatoms. The van der Waals surface area contributed by atoms with Gasteiger partial charge in [0.1, 0.15) is 5.75 Å². The fourth-order valence-corrected chi connectivity index (χ4v) is 4.36. The van der Waals surface area contributed by atoms with Crippen LogP contribution in [0.15, 0.2) is 46.9 Å². The zero-order valence-electron chi connectivity index (χ0n) is 15.3. The van der Waals surface area contributed by atoms with Gasteiger partial charge in [0.2, 0.25) is 5.91 Å². The van der Waals surface area contributed by atoms with E-state index in [1.54, 1.807) is 38.1 Å². The third-order valence-corrected chi connectivity index (χ3v) is 5.75. The molecule has 2 rings (SSSR count). The minimum Gasteiger partial charge on any atom is -0.350 e. The van der Waals surface area contributed by atoms with Gasteiger partial charge in [0, 0.05) is 15.5 Å². The van der Waals surface area contributed by atoms with Gasteiger partial charge >= 0.3 is 0 Å². The van der Waals surface area contributed by atoms with Crippen molar-refractivity contribution in [2.45, 2.75) is 25.6 Å². The second kappa shape index (κ2) is 9.54. The highest BCUT2D eigenvalue weighted by Gasteiger charge is 2.20. The Balaban J connectivity index is 2.14. The van der Waals surface area contributed by atoms with E-state index < -0.39 is 21.5 Å². The molecule has 0 saturated carbocycles. The van der Waals surface area contributed by atoms with Crippen molar-refractivity contribution in [1.29, 1.82) is 0 Å². The van der Waals surface area contributed by atoms with Crippen molar-refractivity contribution < 1.29 is 18.0 Å². The number of halogens is 2. The number of carbonyl (C=O) groups is 2. The lowest BCUT2D eigenvalue weighted by Crippen LogP contribution is -2.31. The Hall–Kier alpha value is -1.90. The number of anilines is 1. The van der Waals surface area contributed by atoms with E-state index in [1.807, 2.05) is 0 Å². The lowest BCUT2D eigenvalue weighted by Gasteiger charge is -2.14. The van der Waals surface area contributed by atoms with Crippen LogP contribution in [0.4, 0.5) is 5.69 Å². The third-order valence-electron chi connectivity index (χ3n) is 3.55. The molecule has 0 saturated heterocycles. The number of nitrogens with one attached hydrogen (secondary N) is 2.